The van der Waals surface area contributed by atoms with Gasteiger partial charge in [0.15, 0.2) is 0 Å². The Morgan fingerprint density at radius 2 is 1.84 bits per heavy atom. The molecule has 108 valence electrons. The van der Waals surface area contributed by atoms with E-state index in [2.05, 4.69) is 25.8 Å². The molecule has 0 radical (unpaired) electrons. The Bertz CT molecular complexity index is 377. The molecule has 2 saturated heterocycles. The number of nitrogens with zero attached hydrogens (tertiary/aromatic N) is 3. The first-order valence-corrected chi connectivity index (χ1v) is 6.76. The number of carbonyl (C=O) groups excluding carboxylic acids is 1. The summed E-state index contributed by atoms with van der Waals surface area (Å²) >= 11 is 0. The first-order chi connectivity index (χ1) is 8.79. The maximum atomic E-state index is 12.3. The molecule has 0 aromatic carbocycles. The molecule has 19 heavy (non-hydrogen) atoms. The lowest BCUT2D eigenvalue weighted by molar-refractivity contribution is -0.139. The lowest BCUT2D eigenvalue weighted by Crippen LogP contribution is -2.63. The average Bonchev–Trinajstić information content (AvgIpc) is 2.25. The van der Waals surface area contributed by atoms with Crippen LogP contribution in [0, 0.1) is 5.92 Å². The number of rotatable bonds is 2. The topological polar surface area (TPSA) is 64.1 Å². The van der Waals surface area contributed by atoms with Crippen molar-refractivity contribution in [1.29, 1.82) is 0 Å². The second-order valence-corrected chi connectivity index (χ2v) is 6.31. The molecule has 0 aromatic rings. The van der Waals surface area contributed by atoms with Crippen molar-refractivity contribution in [2.45, 2.75) is 25.8 Å². The van der Waals surface area contributed by atoms with Gasteiger partial charge in [0.05, 0.1) is 6.42 Å². The van der Waals surface area contributed by atoms with E-state index >= 15 is 0 Å². The van der Waals surface area contributed by atoms with Crippen molar-refractivity contribution in [2.75, 3.05) is 39.8 Å². The number of likely N-dealkylation sites (N-methyl/N-ethyl adjacent to an activating group) is 1. The summed E-state index contributed by atoms with van der Waals surface area (Å²) in [6.45, 7) is 7.79. The van der Waals surface area contributed by atoms with Gasteiger partial charge in [-0.05, 0) is 20.9 Å². The van der Waals surface area contributed by atoms with Crippen LogP contribution in [-0.2, 0) is 4.79 Å². The number of piperazine rings is 1. The van der Waals surface area contributed by atoms with Crippen LogP contribution in [0.25, 0.3) is 0 Å². The zero-order chi connectivity index (χ0) is 14.2. The minimum absolute atomic E-state index is 0.000751. The quantitative estimate of drug-likeness (QED) is 0.794. The number of carbonyl (C=O) groups is 2. The zero-order valence-corrected chi connectivity index (χ0v) is 11.9. The zero-order valence-electron chi connectivity index (χ0n) is 11.9. The average molecular weight is 269 g/mol. The summed E-state index contributed by atoms with van der Waals surface area (Å²) in [7, 11) is 2.08. The molecule has 0 unspecified atom stereocenters. The van der Waals surface area contributed by atoms with Crippen molar-refractivity contribution in [1.82, 2.24) is 14.7 Å². The predicted octanol–water partition coefficient (Wildman–Crippen LogP) is 0.539. The van der Waals surface area contributed by atoms with Gasteiger partial charge in [0, 0.05) is 44.2 Å². The molecular weight excluding hydrogens is 246 g/mol. The van der Waals surface area contributed by atoms with Crippen molar-refractivity contribution in [3.63, 3.8) is 0 Å². The molecule has 2 aliphatic heterocycles. The normalized spacial score (nSPS) is 24.2. The summed E-state index contributed by atoms with van der Waals surface area (Å²) in [5.41, 5.74) is -0.000751. The van der Waals surface area contributed by atoms with Gasteiger partial charge in [-0.3, -0.25) is 9.69 Å². The third kappa shape index (κ3) is 3.00. The molecule has 0 spiro atoms. The minimum Gasteiger partial charge on any atom is -0.481 e. The minimum atomic E-state index is -0.780. The Balaban J connectivity index is 1.84. The van der Waals surface area contributed by atoms with E-state index in [9.17, 15) is 9.59 Å². The van der Waals surface area contributed by atoms with Crippen LogP contribution in [0.1, 0.15) is 20.3 Å². The van der Waals surface area contributed by atoms with Crippen molar-refractivity contribution in [3.05, 3.63) is 0 Å². The lowest BCUT2D eigenvalue weighted by Gasteiger charge is -2.48. The van der Waals surface area contributed by atoms with Crippen molar-refractivity contribution in [2.24, 2.45) is 5.92 Å². The molecule has 0 aromatic heterocycles. The second kappa shape index (κ2) is 5.00. The highest BCUT2D eigenvalue weighted by atomic mass is 16.4. The number of amides is 2. The maximum absolute atomic E-state index is 12.3. The Labute approximate surface area is 114 Å². The van der Waals surface area contributed by atoms with Gasteiger partial charge in [0.1, 0.15) is 0 Å². The molecule has 0 atom stereocenters. The van der Waals surface area contributed by atoms with Gasteiger partial charge in [-0.1, -0.05) is 0 Å². The molecule has 0 aliphatic carbocycles. The lowest BCUT2D eigenvalue weighted by atomic mass is 9.96. The van der Waals surface area contributed by atoms with Gasteiger partial charge in [0.25, 0.3) is 0 Å². The number of hydrogen-bond acceptors (Lipinski definition) is 3. The Morgan fingerprint density at radius 1 is 1.21 bits per heavy atom. The molecule has 2 heterocycles. The summed E-state index contributed by atoms with van der Waals surface area (Å²) < 4.78 is 0. The standard InChI is InChI=1S/C13H23N3O3/c1-13(2)9-15(5-4-14(13)3)12(19)16-7-10(8-16)6-11(17)18/h10H,4-9H2,1-3H3,(H,17,18). The number of urea groups is 1. The predicted molar refractivity (Wildman–Crippen MR) is 71.0 cm³/mol. The van der Waals surface area contributed by atoms with Gasteiger partial charge in [-0.2, -0.15) is 0 Å². The number of likely N-dealkylation sites (tertiary alicyclic amines) is 1. The van der Waals surface area contributed by atoms with E-state index < -0.39 is 5.97 Å². The van der Waals surface area contributed by atoms with Gasteiger partial charge < -0.3 is 14.9 Å². The number of carboxylic acid groups (broad SMARTS) is 1. The van der Waals surface area contributed by atoms with Gasteiger partial charge >= 0.3 is 12.0 Å². The van der Waals surface area contributed by atoms with Crippen molar-refractivity contribution in [3.8, 4) is 0 Å². The fraction of sp³-hybridized carbons (Fsp3) is 0.846. The highest BCUT2D eigenvalue weighted by molar-refractivity contribution is 5.76. The van der Waals surface area contributed by atoms with Crippen molar-refractivity contribution < 1.29 is 14.7 Å². The van der Waals surface area contributed by atoms with Crippen LogP contribution in [-0.4, -0.2) is 77.1 Å². The maximum Gasteiger partial charge on any atom is 0.320 e. The van der Waals surface area contributed by atoms with E-state index in [-0.39, 0.29) is 23.9 Å². The van der Waals surface area contributed by atoms with Crippen LogP contribution in [0.4, 0.5) is 4.79 Å². The van der Waals surface area contributed by atoms with E-state index in [1.807, 2.05) is 4.90 Å². The summed E-state index contributed by atoms with van der Waals surface area (Å²) in [5.74, 6) is -0.653. The Morgan fingerprint density at radius 3 is 2.37 bits per heavy atom. The summed E-state index contributed by atoms with van der Waals surface area (Å²) in [6, 6.07) is 0.0582. The van der Waals surface area contributed by atoms with Crippen LogP contribution in [0.5, 0.6) is 0 Å². The third-order valence-corrected chi connectivity index (χ3v) is 4.28. The smallest absolute Gasteiger partial charge is 0.320 e. The van der Waals surface area contributed by atoms with Crippen LogP contribution < -0.4 is 0 Å². The largest absolute Gasteiger partial charge is 0.481 e. The van der Waals surface area contributed by atoms with E-state index in [0.29, 0.717) is 13.1 Å². The first kappa shape index (κ1) is 14.1. The number of aliphatic carboxylic acids is 1. The van der Waals surface area contributed by atoms with Crippen LogP contribution >= 0.6 is 0 Å². The van der Waals surface area contributed by atoms with Gasteiger partial charge in [-0.25, -0.2) is 4.79 Å². The fourth-order valence-corrected chi connectivity index (χ4v) is 2.71. The number of carboxylic acids is 1. The molecule has 2 aliphatic rings. The highest BCUT2D eigenvalue weighted by Crippen LogP contribution is 2.24. The van der Waals surface area contributed by atoms with Crippen LogP contribution in [0.15, 0.2) is 0 Å². The molecule has 6 heteroatoms. The summed E-state index contributed by atoms with van der Waals surface area (Å²) in [5, 5.41) is 8.70. The van der Waals surface area contributed by atoms with Crippen molar-refractivity contribution >= 4 is 12.0 Å². The van der Waals surface area contributed by atoms with Crippen LogP contribution in [0.3, 0.4) is 0 Å². The van der Waals surface area contributed by atoms with E-state index in [1.54, 1.807) is 4.90 Å². The molecular formula is C13H23N3O3. The van der Waals surface area contributed by atoms with E-state index in [1.165, 1.54) is 0 Å². The highest BCUT2D eigenvalue weighted by Gasteiger charge is 2.38. The molecule has 2 rings (SSSR count). The number of hydrogen-bond donors (Lipinski definition) is 1. The second-order valence-electron chi connectivity index (χ2n) is 6.31. The Kier molecular flexibility index (Phi) is 3.71. The first-order valence-electron chi connectivity index (χ1n) is 6.76. The SMILES string of the molecule is CN1CCN(C(=O)N2CC(CC(=O)O)C2)CC1(C)C. The molecule has 1 N–H and O–H groups in total. The summed E-state index contributed by atoms with van der Waals surface area (Å²) in [6.07, 6.45) is 0.165. The van der Waals surface area contributed by atoms with Gasteiger partial charge in [-0.15, -0.1) is 0 Å². The fourth-order valence-electron chi connectivity index (χ4n) is 2.71. The monoisotopic (exact) mass is 269 g/mol. The van der Waals surface area contributed by atoms with E-state index in [4.69, 9.17) is 5.11 Å². The molecule has 2 amide bonds. The van der Waals surface area contributed by atoms with E-state index in [0.717, 1.165) is 19.6 Å². The molecule has 0 saturated carbocycles. The summed E-state index contributed by atoms with van der Waals surface area (Å²) in [4.78, 5) is 28.8. The Hall–Kier alpha value is -1.30. The molecule has 2 fully saturated rings. The third-order valence-electron chi connectivity index (χ3n) is 4.28. The van der Waals surface area contributed by atoms with Crippen LogP contribution in [0.2, 0.25) is 0 Å². The van der Waals surface area contributed by atoms with Gasteiger partial charge in [0.2, 0.25) is 0 Å². The molecule has 0 bridgehead atoms. The molecule has 6 nitrogen and oxygen atoms in total.